The van der Waals surface area contributed by atoms with Gasteiger partial charge in [-0.25, -0.2) is 8.42 Å². The van der Waals surface area contributed by atoms with Crippen LogP contribution in [0.25, 0.3) is 0 Å². The second-order valence-corrected chi connectivity index (χ2v) is 8.54. The second-order valence-electron chi connectivity index (χ2n) is 6.67. The second kappa shape index (κ2) is 8.24. The molecule has 0 aliphatic carbocycles. The van der Waals surface area contributed by atoms with Gasteiger partial charge in [0.25, 0.3) is 10.0 Å². The third-order valence-electron chi connectivity index (χ3n) is 4.60. The molecule has 0 spiro atoms. The lowest BCUT2D eigenvalue weighted by atomic mass is 10.2. The zero-order valence-electron chi connectivity index (χ0n) is 15.1. The first-order valence-electron chi connectivity index (χ1n) is 9.09. The first kappa shape index (κ1) is 18.9. The highest BCUT2D eigenvalue weighted by atomic mass is 32.2. The van der Waals surface area contributed by atoms with Gasteiger partial charge >= 0.3 is 0 Å². The number of sulfonamides is 1. The Morgan fingerprint density at radius 2 is 1.85 bits per heavy atom. The monoisotopic (exact) mass is 378 g/mol. The van der Waals surface area contributed by atoms with E-state index in [0.29, 0.717) is 31.9 Å². The molecule has 0 atom stereocenters. The molecule has 2 heterocycles. The summed E-state index contributed by atoms with van der Waals surface area (Å²) in [6.07, 6.45) is 2.75. The largest absolute Gasteiger partial charge is 0.508 e. The minimum atomic E-state index is -3.52. The molecule has 0 bridgehead atoms. The number of phenolic OH excluding ortho intramolecular Hbond substituents is 1. The summed E-state index contributed by atoms with van der Waals surface area (Å²) < 4.78 is 32.3. The molecular weight excluding hydrogens is 352 g/mol. The zero-order valence-corrected chi connectivity index (χ0v) is 15.9. The van der Waals surface area contributed by atoms with Gasteiger partial charge in [-0.15, -0.1) is 0 Å². The molecule has 1 aromatic carbocycles. The molecule has 0 amide bonds. The first-order chi connectivity index (χ1) is 12.5. The molecule has 1 aliphatic heterocycles. The van der Waals surface area contributed by atoms with Crippen LogP contribution >= 0.6 is 0 Å². The summed E-state index contributed by atoms with van der Waals surface area (Å²) in [5.41, 5.74) is 0.845. The SMILES string of the molecule is CCCN(Cc1ccc(S(=O)(=O)N2CCCC2)o1)Cc1ccccc1O. The predicted octanol–water partition coefficient (Wildman–Crippen LogP) is 3.18. The average Bonchev–Trinajstić information content (AvgIpc) is 3.29. The van der Waals surface area contributed by atoms with Gasteiger partial charge < -0.3 is 9.52 Å². The maximum Gasteiger partial charge on any atom is 0.276 e. The van der Waals surface area contributed by atoms with E-state index in [2.05, 4.69) is 11.8 Å². The Labute approximate surface area is 155 Å². The third kappa shape index (κ3) is 4.28. The molecule has 0 unspecified atom stereocenters. The minimum Gasteiger partial charge on any atom is -0.508 e. The Kier molecular flexibility index (Phi) is 6.01. The van der Waals surface area contributed by atoms with Crippen molar-refractivity contribution in [2.75, 3.05) is 19.6 Å². The fourth-order valence-corrected chi connectivity index (χ4v) is 4.72. The van der Waals surface area contributed by atoms with Gasteiger partial charge in [-0.1, -0.05) is 25.1 Å². The molecule has 1 N–H and O–H groups in total. The van der Waals surface area contributed by atoms with Gasteiger partial charge in [0.15, 0.2) is 0 Å². The van der Waals surface area contributed by atoms with Crippen LogP contribution in [0.5, 0.6) is 5.75 Å². The van der Waals surface area contributed by atoms with Crippen molar-refractivity contribution in [1.82, 2.24) is 9.21 Å². The van der Waals surface area contributed by atoms with E-state index in [1.54, 1.807) is 24.3 Å². The quantitative estimate of drug-likeness (QED) is 0.764. The number of rotatable bonds is 8. The van der Waals surface area contributed by atoms with E-state index in [9.17, 15) is 13.5 Å². The third-order valence-corrected chi connectivity index (χ3v) is 6.37. The molecule has 0 saturated carbocycles. The standard InChI is InChI=1S/C19H26N2O4S/c1-2-11-20(14-16-7-3-4-8-18(16)22)15-17-9-10-19(25-17)26(23,24)21-12-5-6-13-21/h3-4,7-10,22H,2,5-6,11-15H2,1H3. The van der Waals surface area contributed by atoms with Crippen molar-refractivity contribution in [1.29, 1.82) is 0 Å². The number of para-hydroxylation sites is 1. The number of hydrogen-bond donors (Lipinski definition) is 1. The van der Waals surface area contributed by atoms with Crippen molar-refractivity contribution in [3.05, 3.63) is 47.7 Å². The molecule has 6 nitrogen and oxygen atoms in total. The highest BCUT2D eigenvalue weighted by molar-refractivity contribution is 7.89. The lowest BCUT2D eigenvalue weighted by Crippen LogP contribution is -2.27. The van der Waals surface area contributed by atoms with Crippen molar-refractivity contribution >= 4 is 10.0 Å². The molecule has 3 rings (SSSR count). The minimum absolute atomic E-state index is 0.0217. The van der Waals surface area contributed by atoms with Gasteiger partial charge in [-0.05, 0) is 44.0 Å². The average molecular weight is 378 g/mol. The van der Waals surface area contributed by atoms with E-state index in [0.717, 1.165) is 31.4 Å². The van der Waals surface area contributed by atoms with Crippen LogP contribution in [0.3, 0.4) is 0 Å². The van der Waals surface area contributed by atoms with Gasteiger partial charge in [0.1, 0.15) is 11.5 Å². The van der Waals surface area contributed by atoms with Crippen molar-refractivity contribution < 1.29 is 17.9 Å². The summed E-state index contributed by atoms with van der Waals surface area (Å²) in [6, 6.07) is 10.5. The molecule has 7 heteroatoms. The Morgan fingerprint density at radius 1 is 1.12 bits per heavy atom. The zero-order chi connectivity index (χ0) is 18.6. The van der Waals surface area contributed by atoms with Crippen LogP contribution in [0.4, 0.5) is 0 Å². The van der Waals surface area contributed by atoms with E-state index in [1.807, 2.05) is 12.1 Å². The smallest absolute Gasteiger partial charge is 0.276 e. The maximum absolute atomic E-state index is 12.6. The lowest BCUT2D eigenvalue weighted by Gasteiger charge is -2.21. The highest BCUT2D eigenvalue weighted by Gasteiger charge is 2.30. The molecule has 1 aliphatic rings. The lowest BCUT2D eigenvalue weighted by molar-refractivity contribution is 0.225. The summed E-state index contributed by atoms with van der Waals surface area (Å²) in [7, 11) is -3.52. The van der Waals surface area contributed by atoms with Crippen LogP contribution in [0.2, 0.25) is 0 Å². The highest BCUT2D eigenvalue weighted by Crippen LogP contribution is 2.24. The molecule has 1 saturated heterocycles. The molecule has 1 aromatic heterocycles. The molecule has 2 aromatic rings. The number of nitrogens with zero attached hydrogens (tertiary/aromatic N) is 2. The van der Waals surface area contributed by atoms with E-state index < -0.39 is 10.0 Å². The molecule has 142 valence electrons. The fourth-order valence-electron chi connectivity index (χ4n) is 3.27. The van der Waals surface area contributed by atoms with Gasteiger partial charge in [-0.2, -0.15) is 4.31 Å². The Bertz CT molecular complexity index is 826. The Balaban J connectivity index is 1.72. The molecule has 1 fully saturated rings. The van der Waals surface area contributed by atoms with E-state index in [1.165, 1.54) is 4.31 Å². The number of phenols is 1. The number of benzene rings is 1. The summed E-state index contributed by atoms with van der Waals surface area (Å²) in [5.74, 6) is 0.886. The van der Waals surface area contributed by atoms with Crippen LogP contribution in [0.1, 0.15) is 37.5 Å². The van der Waals surface area contributed by atoms with Gasteiger partial charge in [0.05, 0.1) is 6.54 Å². The number of hydrogen-bond acceptors (Lipinski definition) is 5. The van der Waals surface area contributed by atoms with Crippen LogP contribution in [-0.4, -0.2) is 42.4 Å². The molecular formula is C19H26N2O4S. The number of aromatic hydroxyl groups is 1. The summed E-state index contributed by atoms with van der Waals surface area (Å²) in [5, 5.41) is 10.0. The van der Waals surface area contributed by atoms with Crippen molar-refractivity contribution in [3.63, 3.8) is 0 Å². The van der Waals surface area contributed by atoms with Crippen molar-refractivity contribution in [2.45, 2.75) is 44.4 Å². The summed E-state index contributed by atoms with van der Waals surface area (Å²) in [6.45, 7) is 5.11. The van der Waals surface area contributed by atoms with Gasteiger partial charge in [-0.3, -0.25) is 4.90 Å². The normalized spacial score (nSPS) is 15.8. The van der Waals surface area contributed by atoms with Crippen LogP contribution in [-0.2, 0) is 23.1 Å². The van der Waals surface area contributed by atoms with Crippen LogP contribution < -0.4 is 0 Å². The summed E-state index contributed by atoms with van der Waals surface area (Å²) >= 11 is 0. The molecule has 26 heavy (non-hydrogen) atoms. The van der Waals surface area contributed by atoms with Crippen LogP contribution in [0.15, 0.2) is 45.9 Å². The topological polar surface area (TPSA) is 74.0 Å². The van der Waals surface area contributed by atoms with Crippen molar-refractivity contribution in [2.24, 2.45) is 0 Å². The van der Waals surface area contributed by atoms with E-state index >= 15 is 0 Å². The molecule has 0 radical (unpaired) electrons. The Morgan fingerprint density at radius 3 is 2.54 bits per heavy atom. The van der Waals surface area contributed by atoms with E-state index in [4.69, 9.17) is 4.42 Å². The van der Waals surface area contributed by atoms with Crippen molar-refractivity contribution in [3.8, 4) is 5.75 Å². The van der Waals surface area contributed by atoms with Gasteiger partial charge in [0.2, 0.25) is 5.09 Å². The maximum atomic E-state index is 12.6. The number of furan rings is 1. The van der Waals surface area contributed by atoms with Gasteiger partial charge in [0, 0.05) is 25.2 Å². The fraction of sp³-hybridized carbons (Fsp3) is 0.474. The van der Waals surface area contributed by atoms with Crippen LogP contribution in [0, 0.1) is 0 Å². The predicted molar refractivity (Wildman–Crippen MR) is 99.2 cm³/mol. The van der Waals surface area contributed by atoms with E-state index in [-0.39, 0.29) is 10.8 Å². The summed E-state index contributed by atoms with van der Waals surface area (Å²) in [4.78, 5) is 2.14. The Hall–Kier alpha value is -1.83. The first-order valence-corrected chi connectivity index (χ1v) is 10.5.